The van der Waals surface area contributed by atoms with Gasteiger partial charge >= 0.3 is 0 Å². The Morgan fingerprint density at radius 3 is 2.71 bits per heavy atom. The summed E-state index contributed by atoms with van der Waals surface area (Å²) in [4.78, 5) is 0. The third-order valence-corrected chi connectivity index (χ3v) is 3.45. The smallest absolute Gasteiger partial charge is 0.184 e. The van der Waals surface area contributed by atoms with Crippen molar-refractivity contribution in [2.45, 2.75) is 26.3 Å². The first-order valence-electron chi connectivity index (χ1n) is 5.72. The maximum absolute atomic E-state index is 5.96. The first-order chi connectivity index (χ1) is 8.09. The number of hydrogen-bond donors (Lipinski definition) is 1. The van der Waals surface area contributed by atoms with Crippen LogP contribution in [0.1, 0.15) is 26.3 Å². The van der Waals surface area contributed by atoms with E-state index in [1.54, 1.807) is 0 Å². The van der Waals surface area contributed by atoms with Gasteiger partial charge in [-0.15, -0.1) is 5.10 Å². The molecule has 3 rings (SSSR count). The van der Waals surface area contributed by atoms with Crippen LogP contribution in [0.15, 0.2) is 24.3 Å². The van der Waals surface area contributed by atoms with Crippen LogP contribution in [0.4, 0.5) is 5.69 Å². The highest BCUT2D eigenvalue weighted by molar-refractivity contribution is 5.71. The Bertz CT molecular complexity index is 558. The van der Waals surface area contributed by atoms with E-state index in [1.165, 1.54) is 0 Å². The van der Waals surface area contributed by atoms with Crippen molar-refractivity contribution in [1.29, 1.82) is 0 Å². The predicted molar refractivity (Wildman–Crippen MR) is 65.1 cm³/mol. The lowest BCUT2D eigenvalue weighted by molar-refractivity contribution is 0.497. The molecule has 1 aromatic carbocycles. The maximum Gasteiger partial charge on any atom is 0.184 e. The van der Waals surface area contributed by atoms with Gasteiger partial charge in [0.15, 0.2) is 5.82 Å². The van der Waals surface area contributed by atoms with E-state index in [4.69, 9.17) is 5.73 Å². The van der Waals surface area contributed by atoms with Crippen molar-refractivity contribution < 1.29 is 0 Å². The number of para-hydroxylation sites is 1. The van der Waals surface area contributed by atoms with Gasteiger partial charge < -0.3 is 5.73 Å². The minimum absolute atomic E-state index is 0.285. The van der Waals surface area contributed by atoms with Crippen LogP contribution < -0.4 is 5.73 Å². The molecule has 0 amide bonds. The van der Waals surface area contributed by atoms with Crippen molar-refractivity contribution >= 4 is 5.69 Å². The van der Waals surface area contributed by atoms with E-state index >= 15 is 0 Å². The first kappa shape index (κ1) is 10.3. The Hall–Kier alpha value is -1.91. The van der Waals surface area contributed by atoms with Gasteiger partial charge in [-0.3, -0.25) is 0 Å². The predicted octanol–water partition coefficient (Wildman–Crippen LogP) is 1.89. The number of tetrazole rings is 1. The standard InChI is InChI=1S/C12H15N5/c1-12(2)7-10(12)17-11(14-15-16-17)8-5-3-4-6-9(8)13/h3-6,10H,7,13H2,1-2H3. The average Bonchev–Trinajstić information content (AvgIpc) is 2.75. The van der Waals surface area contributed by atoms with E-state index < -0.39 is 0 Å². The molecule has 0 spiro atoms. The molecule has 1 fully saturated rings. The number of benzene rings is 1. The number of rotatable bonds is 2. The molecule has 1 unspecified atom stereocenters. The summed E-state index contributed by atoms with van der Waals surface area (Å²) >= 11 is 0. The van der Waals surface area contributed by atoms with Crippen LogP contribution in [0.25, 0.3) is 11.4 Å². The number of aromatic nitrogens is 4. The number of nitrogens with zero attached hydrogens (tertiary/aromatic N) is 4. The van der Waals surface area contributed by atoms with Gasteiger partial charge in [-0.25, -0.2) is 4.68 Å². The lowest BCUT2D eigenvalue weighted by atomic mass is 10.1. The van der Waals surface area contributed by atoms with Gasteiger partial charge in [0.1, 0.15) is 0 Å². The molecule has 1 aromatic heterocycles. The van der Waals surface area contributed by atoms with Gasteiger partial charge in [0.05, 0.1) is 6.04 Å². The van der Waals surface area contributed by atoms with E-state index in [0.717, 1.165) is 17.8 Å². The molecule has 2 N–H and O–H groups in total. The molecule has 1 heterocycles. The summed E-state index contributed by atoms with van der Waals surface area (Å²) in [5.41, 5.74) is 7.86. The summed E-state index contributed by atoms with van der Waals surface area (Å²) < 4.78 is 1.89. The first-order valence-corrected chi connectivity index (χ1v) is 5.72. The SMILES string of the molecule is CC1(C)CC1n1nnnc1-c1ccccc1N. The molecule has 0 aliphatic heterocycles. The average molecular weight is 229 g/mol. The van der Waals surface area contributed by atoms with Gasteiger partial charge in [0.2, 0.25) is 0 Å². The molecule has 1 atom stereocenters. The van der Waals surface area contributed by atoms with Crippen molar-refractivity contribution in [2.75, 3.05) is 5.73 Å². The summed E-state index contributed by atoms with van der Waals surface area (Å²) in [5, 5.41) is 12.0. The van der Waals surface area contributed by atoms with E-state index in [1.807, 2.05) is 28.9 Å². The zero-order valence-corrected chi connectivity index (χ0v) is 9.96. The third kappa shape index (κ3) is 1.58. The Balaban J connectivity index is 2.06. The van der Waals surface area contributed by atoms with Crippen molar-refractivity contribution in [2.24, 2.45) is 5.41 Å². The normalized spacial score (nSPS) is 21.4. The van der Waals surface area contributed by atoms with Gasteiger partial charge in [0.25, 0.3) is 0 Å². The Kier molecular flexibility index (Phi) is 1.98. The van der Waals surface area contributed by atoms with E-state index in [-0.39, 0.29) is 5.41 Å². The summed E-state index contributed by atoms with van der Waals surface area (Å²) in [5.74, 6) is 0.763. The molecule has 1 saturated carbocycles. The molecule has 5 heteroatoms. The zero-order valence-electron chi connectivity index (χ0n) is 9.96. The highest BCUT2D eigenvalue weighted by Crippen LogP contribution is 2.55. The Labute approximate surface area is 99.6 Å². The number of nitrogens with two attached hydrogens (primary N) is 1. The fourth-order valence-electron chi connectivity index (χ4n) is 2.14. The minimum atomic E-state index is 0.285. The van der Waals surface area contributed by atoms with Gasteiger partial charge in [-0.2, -0.15) is 0 Å². The molecule has 88 valence electrons. The van der Waals surface area contributed by atoms with Crippen molar-refractivity contribution in [1.82, 2.24) is 20.2 Å². The third-order valence-electron chi connectivity index (χ3n) is 3.45. The highest BCUT2D eigenvalue weighted by Gasteiger charge is 2.49. The maximum atomic E-state index is 5.96. The van der Waals surface area contributed by atoms with Crippen molar-refractivity contribution in [3.63, 3.8) is 0 Å². The van der Waals surface area contributed by atoms with Crippen LogP contribution in [-0.4, -0.2) is 20.2 Å². The van der Waals surface area contributed by atoms with Crippen LogP contribution in [0, 0.1) is 5.41 Å². The van der Waals surface area contributed by atoms with Crippen LogP contribution in [0.2, 0.25) is 0 Å². The minimum Gasteiger partial charge on any atom is -0.398 e. The Morgan fingerprint density at radius 2 is 2.06 bits per heavy atom. The molecule has 2 aromatic rings. The van der Waals surface area contributed by atoms with Crippen molar-refractivity contribution in [3.05, 3.63) is 24.3 Å². The quantitative estimate of drug-likeness (QED) is 0.798. The molecule has 5 nitrogen and oxygen atoms in total. The lowest BCUT2D eigenvalue weighted by Crippen LogP contribution is -2.05. The highest BCUT2D eigenvalue weighted by atomic mass is 15.6. The van der Waals surface area contributed by atoms with Crippen LogP contribution in [0.5, 0.6) is 0 Å². The molecule has 0 bridgehead atoms. The number of anilines is 1. The fourth-order valence-corrected chi connectivity index (χ4v) is 2.14. The second-order valence-electron chi connectivity index (χ2n) is 5.24. The second kappa shape index (κ2) is 3.29. The van der Waals surface area contributed by atoms with E-state index in [2.05, 4.69) is 29.4 Å². The summed E-state index contributed by atoms with van der Waals surface area (Å²) in [6.45, 7) is 4.44. The summed E-state index contributed by atoms with van der Waals surface area (Å²) in [6.07, 6.45) is 1.11. The molecule has 0 radical (unpaired) electrons. The molecule has 17 heavy (non-hydrogen) atoms. The monoisotopic (exact) mass is 229 g/mol. The molecule has 0 saturated heterocycles. The molecule has 1 aliphatic rings. The van der Waals surface area contributed by atoms with Crippen LogP contribution in [-0.2, 0) is 0 Å². The summed E-state index contributed by atoms with van der Waals surface area (Å²) in [7, 11) is 0. The number of nitrogen functional groups attached to an aromatic ring is 1. The second-order valence-corrected chi connectivity index (χ2v) is 5.24. The summed E-state index contributed by atoms with van der Waals surface area (Å²) in [6, 6.07) is 8.06. The lowest BCUT2D eigenvalue weighted by Gasteiger charge is -2.07. The largest absolute Gasteiger partial charge is 0.398 e. The topological polar surface area (TPSA) is 69.6 Å². The van der Waals surface area contributed by atoms with E-state index in [0.29, 0.717) is 11.7 Å². The Morgan fingerprint density at radius 1 is 1.35 bits per heavy atom. The fraction of sp³-hybridized carbons (Fsp3) is 0.417. The van der Waals surface area contributed by atoms with Gasteiger partial charge in [-0.05, 0) is 34.4 Å². The van der Waals surface area contributed by atoms with Crippen LogP contribution >= 0.6 is 0 Å². The van der Waals surface area contributed by atoms with Gasteiger partial charge in [-0.1, -0.05) is 26.0 Å². The van der Waals surface area contributed by atoms with Gasteiger partial charge in [0, 0.05) is 11.3 Å². The van der Waals surface area contributed by atoms with E-state index in [9.17, 15) is 0 Å². The zero-order chi connectivity index (χ0) is 12.0. The van der Waals surface area contributed by atoms with Crippen LogP contribution in [0.3, 0.4) is 0 Å². The van der Waals surface area contributed by atoms with Crippen molar-refractivity contribution in [3.8, 4) is 11.4 Å². The molecular weight excluding hydrogens is 214 g/mol. The molecule has 1 aliphatic carbocycles. The number of hydrogen-bond acceptors (Lipinski definition) is 4. The molecular formula is C12H15N5.